The highest BCUT2D eigenvalue weighted by atomic mass is 16.2. The molecule has 0 atom stereocenters. The molecule has 0 spiro atoms. The van der Waals surface area contributed by atoms with Crippen molar-refractivity contribution in [2.24, 2.45) is 5.10 Å². The Morgan fingerprint density at radius 3 is 1.87 bits per heavy atom. The van der Waals surface area contributed by atoms with Gasteiger partial charge >= 0.3 is 0 Å². The van der Waals surface area contributed by atoms with E-state index >= 15 is 0 Å². The van der Waals surface area contributed by atoms with Crippen molar-refractivity contribution in [3.63, 3.8) is 0 Å². The number of nitrogens with one attached hydrogen (secondary N) is 1. The number of hydrazone groups is 1. The molecule has 3 rings (SSSR count). The average molecular weight is 401 g/mol. The van der Waals surface area contributed by atoms with Crippen molar-refractivity contribution in [2.45, 2.75) is 13.1 Å². The Hall–Kier alpha value is -3.44. The minimum Gasteiger partial charge on any atom is -0.378 e. The molecule has 0 fully saturated rings. The second-order valence-electron chi connectivity index (χ2n) is 7.40. The van der Waals surface area contributed by atoms with Gasteiger partial charge in [0, 0.05) is 32.9 Å². The number of carbonyl (C=O) groups is 1. The van der Waals surface area contributed by atoms with Crippen molar-refractivity contribution >= 4 is 17.8 Å². The lowest BCUT2D eigenvalue weighted by Gasteiger charge is -2.21. The number of anilines is 1. The van der Waals surface area contributed by atoms with E-state index in [2.05, 4.69) is 39.7 Å². The number of rotatable bonds is 9. The molecule has 1 amide bonds. The molecule has 0 saturated carbocycles. The van der Waals surface area contributed by atoms with E-state index in [4.69, 9.17) is 0 Å². The summed E-state index contributed by atoms with van der Waals surface area (Å²) in [6.07, 6.45) is 1.66. The molecule has 1 N–H and O–H groups in total. The van der Waals surface area contributed by atoms with E-state index in [0.717, 1.165) is 11.3 Å². The van der Waals surface area contributed by atoms with Crippen LogP contribution in [0, 0.1) is 0 Å². The highest BCUT2D eigenvalue weighted by molar-refractivity contribution is 5.83. The van der Waals surface area contributed by atoms with Crippen molar-refractivity contribution in [3.8, 4) is 0 Å². The third-order valence-electron chi connectivity index (χ3n) is 4.68. The van der Waals surface area contributed by atoms with Gasteiger partial charge in [-0.1, -0.05) is 72.8 Å². The molecule has 3 aromatic rings. The van der Waals surface area contributed by atoms with E-state index in [-0.39, 0.29) is 12.5 Å². The second kappa shape index (κ2) is 10.9. The molecule has 0 aromatic heterocycles. The van der Waals surface area contributed by atoms with Crippen LogP contribution >= 0.6 is 0 Å². The zero-order valence-electron chi connectivity index (χ0n) is 17.5. The van der Waals surface area contributed by atoms with Gasteiger partial charge in [-0.05, 0) is 28.8 Å². The van der Waals surface area contributed by atoms with E-state index in [9.17, 15) is 4.79 Å². The first-order valence-corrected chi connectivity index (χ1v) is 9.99. The molecule has 0 unspecified atom stereocenters. The Labute approximate surface area is 178 Å². The topological polar surface area (TPSA) is 47.9 Å². The first kappa shape index (κ1) is 21.3. The number of amides is 1. The molecule has 0 aliphatic rings. The van der Waals surface area contributed by atoms with Crippen LogP contribution in [0.3, 0.4) is 0 Å². The van der Waals surface area contributed by atoms with Gasteiger partial charge in [0.2, 0.25) is 0 Å². The number of benzene rings is 3. The molecular weight excluding hydrogens is 372 g/mol. The molecule has 0 saturated heterocycles. The summed E-state index contributed by atoms with van der Waals surface area (Å²) in [5, 5.41) is 4.12. The van der Waals surface area contributed by atoms with Crippen LogP contribution in [0.5, 0.6) is 0 Å². The Bertz CT molecular complexity index is 896. The fourth-order valence-corrected chi connectivity index (χ4v) is 3.13. The summed E-state index contributed by atoms with van der Waals surface area (Å²) in [5.74, 6) is -0.136. The normalized spacial score (nSPS) is 11.0. The van der Waals surface area contributed by atoms with Gasteiger partial charge in [0.1, 0.15) is 0 Å². The fourth-order valence-electron chi connectivity index (χ4n) is 3.13. The standard InChI is InChI=1S/C25H28N4O/c1-28(2)24-15-13-21(14-16-24)17-26-27-25(30)20-29(18-22-9-5-3-6-10-22)19-23-11-7-4-8-12-23/h3-17H,18-20H2,1-2H3,(H,27,30)/b26-17+. The summed E-state index contributed by atoms with van der Waals surface area (Å²) < 4.78 is 0. The quantitative estimate of drug-likeness (QED) is 0.438. The van der Waals surface area contributed by atoms with Gasteiger partial charge in [0.05, 0.1) is 12.8 Å². The lowest BCUT2D eigenvalue weighted by molar-refractivity contribution is -0.122. The van der Waals surface area contributed by atoms with Gasteiger partial charge in [0.15, 0.2) is 0 Å². The number of nitrogens with zero attached hydrogens (tertiary/aromatic N) is 3. The summed E-state index contributed by atoms with van der Waals surface area (Å²) in [4.78, 5) is 16.6. The Morgan fingerprint density at radius 1 is 0.833 bits per heavy atom. The monoisotopic (exact) mass is 400 g/mol. The third kappa shape index (κ3) is 6.87. The van der Waals surface area contributed by atoms with Crippen LogP contribution in [0.2, 0.25) is 0 Å². The van der Waals surface area contributed by atoms with E-state index in [0.29, 0.717) is 13.1 Å². The molecule has 154 valence electrons. The summed E-state index contributed by atoms with van der Waals surface area (Å²) in [6.45, 7) is 1.65. The van der Waals surface area contributed by atoms with Crippen LogP contribution in [0.1, 0.15) is 16.7 Å². The van der Waals surface area contributed by atoms with Gasteiger partial charge in [-0.25, -0.2) is 5.43 Å². The average Bonchev–Trinajstić information content (AvgIpc) is 2.75. The molecule has 0 radical (unpaired) electrons. The van der Waals surface area contributed by atoms with E-state index in [1.54, 1.807) is 6.21 Å². The maximum atomic E-state index is 12.5. The summed E-state index contributed by atoms with van der Waals surface area (Å²) >= 11 is 0. The van der Waals surface area contributed by atoms with E-state index < -0.39 is 0 Å². The van der Waals surface area contributed by atoms with Crippen LogP contribution in [-0.2, 0) is 17.9 Å². The first-order chi connectivity index (χ1) is 14.6. The largest absolute Gasteiger partial charge is 0.378 e. The van der Waals surface area contributed by atoms with Crippen molar-refractivity contribution in [1.82, 2.24) is 10.3 Å². The van der Waals surface area contributed by atoms with Crippen molar-refractivity contribution in [2.75, 3.05) is 25.5 Å². The molecule has 0 aliphatic heterocycles. The molecule has 30 heavy (non-hydrogen) atoms. The van der Waals surface area contributed by atoms with Gasteiger partial charge < -0.3 is 4.90 Å². The smallest absolute Gasteiger partial charge is 0.254 e. The minimum atomic E-state index is -0.136. The lowest BCUT2D eigenvalue weighted by Crippen LogP contribution is -2.34. The molecule has 5 nitrogen and oxygen atoms in total. The highest BCUT2D eigenvalue weighted by Gasteiger charge is 2.12. The van der Waals surface area contributed by atoms with Gasteiger partial charge in [-0.3, -0.25) is 9.69 Å². The highest BCUT2D eigenvalue weighted by Crippen LogP contribution is 2.11. The van der Waals surface area contributed by atoms with E-state index in [1.807, 2.05) is 79.7 Å². The van der Waals surface area contributed by atoms with Crippen molar-refractivity contribution in [3.05, 3.63) is 102 Å². The van der Waals surface area contributed by atoms with Crippen LogP contribution in [0.4, 0.5) is 5.69 Å². The van der Waals surface area contributed by atoms with Crippen LogP contribution in [0.15, 0.2) is 90.0 Å². The molecule has 0 aliphatic carbocycles. The second-order valence-corrected chi connectivity index (χ2v) is 7.40. The Kier molecular flexibility index (Phi) is 7.75. The van der Waals surface area contributed by atoms with Crippen LogP contribution in [0.25, 0.3) is 0 Å². The number of carbonyl (C=O) groups excluding carboxylic acids is 1. The van der Waals surface area contributed by atoms with Gasteiger partial charge in [-0.2, -0.15) is 5.10 Å². The maximum absolute atomic E-state index is 12.5. The molecule has 0 bridgehead atoms. The summed E-state index contributed by atoms with van der Waals surface area (Å²) in [6, 6.07) is 28.3. The predicted octanol–water partition coefficient (Wildman–Crippen LogP) is 3.91. The van der Waals surface area contributed by atoms with Crippen molar-refractivity contribution < 1.29 is 4.79 Å². The van der Waals surface area contributed by atoms with Crippen molar-refractivity contribution in [1.29, 1.82) is 0 Å². The van der Waals surface area contributed by atoms with Gasteiger partial charge in [-0.15, -0.1) is 0 Å². The Balaban J connectivity index is 1.59. The summed E-state index contributed by atoms with van der Waals surface area (Å²) in [7, 11) is 4.00. The van der Waals surface area contributed by atoms with Crippen LogP contribution in [-0.4, -0.2) is 37.7 Å². The molecule has 3 aromatic carbocycles. The zero-order valence-corrected chi connectivity index (χ0v) is 17.5. The molecular formula is C25H28N4O. The van der Waals surface area contributed by atoms with Crippen LogP contribution < -0.4 is 10.3 Å². The molecule has 5 heteroatoms. The third-order valence-corrected chi connectivity index (χ3v) is 4.68. The minimum absolute atomic E-state index is 0.136. The Morgan fingerprint density at radius 2 is 1.37 bits per heavy atom. The summed E-state index contributed by atoms with van der Waals surface area (Å²) in [5.41, 5.74) is 7.05. The maximum Gasteiger partial charge on any atom is 0.254 e. The number of hydrogen-bond acceptors (Lipinski definition) is 4. The predicted molar refractivity (Wildman–Crippen MR) is 124 cm³/mol. The lowest BCUT2D eigenvalue weighted by atomic mass is 10.1. The van der Waals surface area contributed by atoms with E-state index in [1.165, 1.54) is 11.1 Å². The van der Waals surface area contributed by atoms with Gasteiger partial charge in [0.25, 0.3) is 5.91 Å². The zero-order chi connectivity index (χ0) is 21.2. The SMILES string of the molecule is CN(C)c1ccc(/C=N/NC(=O)CN(Cc2ccccc2)Cc2ccccc2)cc1. The number of hydrogen-bond donors (Lipinski definition) is 1. The molecule has 0 heterocycles. The first-order valence-electron chi connectivity index (χ1n) is 9.99. The fraction of sp³-hybridized carbons (Fsp3) is 0.200.